The van der Waals surface area contributed by atoms with E-state index in [1.54, 1.807) is 16.2 Å². The van der Waals surface area contributed by atoms with Gasteiger partial charge in [0.15, 0.2) is 0 Å². The summed E-state index contributed by atoms with van der Waals surface area (Å²) in [4.78, 5) is 43.2. The molecule has 1 aliphatic carbocycles. The van der Waals surface area contributed by atoms with Crippen LogP contribution in [-0.2, 0) is 14.4 Å². The van der Waals surface area contributed by atoms with E-state index in [4.69, 9.17) is 4.98 Å². The number of aromatic nitrogens is 1. The Kier molecular flexibility index (Phi) is 7.13. The molecule has 2 fully saturated rings. The summed E-state index contributed by atoms with van der Waals surface area (Å²) < 4.78 is 0. The Balaban J connectivity index is 1.20. The van der Waals surface area contributed by atoms with Crippen molar-refractivity contribution in [3.63, 3.8) is 0 Å². The third kappa shape index (κ3) is 5.33. The highest BCUT2D eigenvalue weighted by molar-refractivity contribution is 7.13. The number of thiazole rings is 1. The first-order chi connectivity index (χ1) is 17.5. The Morgan fingerprint density at radius 1 is 0.833 bits per heavy atom. The van der Waals surface area contributed by atoms with Gasteiger partial charge in [0.2, 0.25) is 17.7 Å². The molecule has 0 bridgehead atoms. The number of rotatable bonds is 6. The second-order valence-corrected chi connectivity index (χ2v) is 10.4. The monoisotopic (exact) mass is 502 g/mol. The Labute approximate surface area is 214 Å². The molecule has 8 heteroatoms. The minimum Gasteiger partial charge on any atom is -0.331 e. The lowest BCUT2D eigenvalue weighted by atomic mass is 10.1. The minimum absolute atomic E-state index is 0.0639. The van der Waals surface area contributed by atoms with Crippen LogP contribution < -0.4 is 10.6 Å². The van der Waals surface area contributed by atoms with Crippen LogP contribution >= 0.6 is 11.3 Å². The largest absolute Gasteiger partial charge is 0.331 e. The third-order valence-electron chi connectivity index (χ3n) is 7.04. The highest BCUT2D eigenvalue weighted by atomic mass is 32.1. The van der Waals surface area contributed by atoms with Gasteiger partial charge in [0, 0.05) is 47.3 Å². The van der Waals surface area contributed by atoms with Crippen LogP contribution in [0.4, 0.5) is 11.4 Å². The normalized spacial score (nSPS) is 17.8. The van der Waals surface area contributed by atoms with Crippen molar-refractivity contribution >= 4 is 40.4 Å². The van der Waals surface area contributed by atoms with E-state index in [-0.39, 0.29) is 23.6 Å². The van der Waals surface area contributed by atoms with E-state index >= 15 is 0 Å². The summed E-state index contributed by atoms with van der Waals surface area (Å²) in [6, 6.07) is 15.0. The number of nitrogens with zero attached hydrogens (tertiary/aromatic N) is 2. The van der Waals surface area contributed by atoms with Gasteiger partial charge in [-0.2, -0.15) is 0 Å². The van der Waals surface area contributed by atoms with Gasteiger partial charge in [0.25, 0.3) is 0 Å². The Morgan fingerprint density at radius 3 is 2.08 bits per heavy atom. The van der Waals surface area contributed by atoms with Gasteiger partial charge in [0.05, 0.1) is 5.69 Å². The van der Waals surface area contributed by atoms with Crippen LogP contribution in [0.5, 0.6) is 0 Å². The molecule has 1 saturated heterocycles. The van der Waals surface area contributed by atoms with E-state index in [0.29, 0.717) is 18.7 Å². The molecule has 2 heterocycles. The van der Waals surface area contributed by atoms with Crippen molar-refractivity contribution in [1.29, 1.82) is 0 Å². The molecule has 186 valence electrons. The first-order valence-electron chi connectivity index (χ1n) is 12.5. The van der Waals surface area contributed by atoms with E-state index < -0.39 is 6.04 Å². The molecule has 1 aliphatic heterocycles. The maximum Gasteiger partial charge on any atom is 0.247 e. The van der Waals surface area contributed by atoms with Gasteiger partial charge in [-0.15, -0.1) is 11.3 Å². The fraction of sp³-hybridized carbons (Fsp3) is 0.357. The molecule has 1 saturated carbocycles. The summed E-state index contributed by atoms with van der Waals surface area (Å²) in [7, 11) is 0. The number of likely N-dealkylation sites (tertiary alicyclic amines) is 1. The van der Waals surface area contributed by atoms with E-state index in [9.17, 15) is 14.4 Å². The number of carbonyl (C=O) groups is 3. The van der Waals surface area contributed by atoms with Crippen LogP contribution in [-0.4, -0.2) is 40.2 Å². The van der Waals surface area contributed by atoms with Crippen molar-refractivity contribution in [2.75, 3.05) is 17.2 Å². The van der Waals surface area contributed by atoms with Gasteiger partial charge in [-0.25, -0.2) is 4.98 Å². The number of hydrogen-bond acceptors (Lipinski definition) is 5. The second-order valence-electron chi connectivity index (χ2n) is 9.52. The first-order valence-corrected chi connectivity index (χ1v) is 13.4. The van der Waals surface area contributed by atoms with Crippen LogP contribution in [0.3, 0.4) is 0 Å². The molecule has 36 heavy (non-hydrogen) atoms. The van der Waals surface area contributed by atoms with Crippen LogP contribution in [0.25, 0.3) is 21.8 Å². The lowest BCUT2D eigenvalue weighted by Crippen LogP contribution is -2.42. The molecule has 0 unspecified atom stereocenters. The molecule has 1 atom stereocenters. The quantitative estimate of drug-likeness (QED) is 0.462. The summed E-state index contributed by atoms with van der Waals surface area (Å²) in [5, 5.41) is 8.88. The molecule has 5 rings (SSSR count). The Bertz CT molecular complexity index is 1250. The van der Waals surface area contributed by atoms with Crippen molar-refractivity contribution in [3.05, 3.63) is 53.9 Å². The zero-order chi connectivity index (χ0) is 25.1. The van der Waals surface area contributed by atoms with Crippen molar-refractivity contribution in [3.8, 4) is 21.8 Å². The van der Waals surface area contributed by atoms with Gasteiger partial charge >= 0.3 is 0 Å². The molecule has 2 aromatic carbocycles. The van der Waals surface area contributed by atoms with Gasteiger partial charge in [-0.3, -0.25) is 14.4 Å². The van der Waals surface area contributed by atoms with Crippen LogP contribution in [0.1, 0.15) is 45.4 Å². The highest BCUT2D eigenvalue weighted by Crippen LogP contribution is 2.31. The highest BCUT2D eigenvalue weighted by Gasteiger charge is 2.32. The van der Waals surface area contributed by atoms with Gasteiger partial charge in [0.1, 0.15) is 11.0 Å². The summed E-state index contributed by atoms with van der Waals surface area (Å²) in [6.07, 6.45) is 5.79. The number of benzene rings is 2. The summed E-state index contributed by atoms with van der Waals surface area (Å²) in [6.45, 7) is 2.14. The van der Waals surface area contributed by atoms with Crippen molar-refractivity contribution in [2.45, 2.75) is 51.5 Å². The molecular formula is C28H30N4O3S. The molecule has 1 aromatic heterocycles. The molecule has 2 N–H and O–H groups in total. The number of amides is 3. The average molecular weight is 503 g/mol. The fourth-order valence-electron chi connectivity index (χ4n) is 5.03. The molecule has 0 radical (unpaired) electrons. The van der Waals surface area contributed by atoms with Crippen molar-refractivity contribution < 1.29 is 14.4 Å². The zero-order valence-corrected chi connectivity index (χ0v) is 21.1. The molecular weight excluding hydrogens is 472 g/mol. The predicted molar refractivity (Wildman–Crippen MR) is 143 cm³/mol. The van der Waals surface area contributed by atoms with E-state index in [1.165, 1.54) is 6.92 Å². The molecule has 3 aromatic rings. The Hall–Kier alpha value is -3.52. The lowest BCUT2D eigenvalue weighted by molar-refractivity contribution is -0.134. The van der Waals surface area contributed by atoms with Gasteiger partial charge < -0.3 is 15.5 Å². The molecule has 3 amide bonds. The van der Waals surface area contributed by atoms with Crippen molar-refractivity contribution in [2.24, 2.45) is 5.92 Å². The smallest absolute Gasteiger partial charge is 0.247 e. The SMILES string of the molecule is CC(=O)N1CCC[C@H]1C(=O)Nc1ccc(-c2nc(-c3ccc(NC(=O)C4CCCC4)cc3)cs2)cc1. The second kappa shape index (κ2) is 10.6. The third-order valence-corrected chi connectivity index (χ3v) is 7.93. The topological polar surface area (TPSA) is 91.4 Å². The van der Waals surface area contributed by atoms with E-state index in [0.717, 1.165) is 59.6 Å². The fourth-order valence-corrected chi connectivity index (χ4v) is 5.87. The van der Waals surface area contributed by atoms with Crippen LogP contribution in [0.2, 0.25) is 0 Å². The van der Waals surface area contributed by atoms with Crippen LogP contribution in [0, 0.1) is 5.92 Å². The van der Waals surface area contributed by atoms with E-state index in [2.05, 4.69) is 10.6 Å². The minimum atomic E-state index is -0.397. The maximum atomic E-state index is 12.7. The number of hydrogen-bond donors (Lipinski definition) is 2. The van der Waals surface area contributed by atoms with Gasteiger partial charge in [-0.05, 0) is 62.1 Å². The maximum absolute atomic E-state index is 12.7. The summed E-state index contributed by atoms with van der Waals surface area (Å²) in [5.41, 5.74) is 4.35. The van der Waals surface area contributed by atoms with E-state index in [1.807, 2.05) is 53.9 Å². The number of anilines is 2. The van der Waals surface area contributed by atoms with Gasteiger partial charge in [-0.1, -0.05) is 25.0 Å². The average Bonchev–Trinajstić information content (AvgIpc) is 3.67. The Morgan fingerprint density at radius 2 is 1.44 bits per heavy atom. The first kappa shape index (κ1) is 24.2. The zero-order valence-electron chi connectivity index (χ0n) is 20.3. The molecule has 0 spiro atoms. The summed E-state index contributed by atoms with van der Waals surface area (Å²) in [5.74, 6) is 0.0552. The predicted octanol–water partition coefficient (Wildman–Crippen LogP) is 5.56. The number of nitrogens with one attached hydrogen (secondary N) is 2. The van der Waals surface area contributed by atoms with Crippen LogP contribution in [0.15, 0.2) is 53.9 Å². The number of carbonyl (C=O) groups excluding carboxylic acids is 3. The molecule has 7 nitrogen and oxygen atoms in total. The lowest BCUT2D eigenvalue weighted by Gasteiger charge is -2.22. The summed E-state index contributed by atoms with van der Waals surface area (Å²) >= 11 is 1.56. The standard InChI is InChI=1S/C28H30N4O3S/c1-18(33)32-16-4-7-25(32)27(35)30-23-14-10-21(11-15-23)28-31-24(17-36-28)19-8-12-22(13-9-19)29-26(34)20-5-2-3-6-20/h8-15,17,20,25H,2-7,16H2,1H3,(H,29,34)(H,30,35)/t25-/m0/s1. The molecule has 2 aliphatic rings. The van der Waals surface area contributed by atoms with Crippen molar-refractivity contribution in [1.82, 2.24) is 9.88 Å².